The number of hydrogen-bond donors (Lipinski definition) is 1. The number of nitrogens with zero attached hydrogens (tertiary/aromatic N) is 1. The molecule has 0 radical (unpaired) electrons. The van der Waals surface area contributed by atoms with Crippen molar-refractivity contribution in [2.24, 2.45) is 0 Å². The second kappa shape index (κ2) is 4.56. The number of rotatable bonds is 4. The molecule has 1 unspecified atom stereocenters. The summed E-state index contributed by atoms with van der Waals surface area (Å²) in [5.41, 5.74) is -0.191. The van der Waals surface area contributed by atoms with Crippen molar-refractivity contribution >= 4 is 16.1 Å². The van der Waals surface area contributed by atoms with Crippen LogP contribution in [0, 0.1) is 10.1 Å². The van der Waals surface area contributed by atoms with Crippen LogP contribution in [-0.4, -0.2) is 17.9 Å². The van der Waals surface area contributed by atoms with E-state index in [4.69, 9.17) is 4.55 Å². The van der Waals surface area contributed by atoms with Crippen LogP contribution in [0.4, 0.5) is 5.69 Å². The van der Waals surface area contributed by atoms with Crippen molar-refractivity contribution in [3.05, 3.63) is 39.9 Å². The van der Waals surface area contributed by atoms with Crippen molar-refractivity contribution in [1.29, 1.82) is 0 Å². The van der Waals surface area contributed by atoms with Gasteiger partial charge in [0.25, 0.3) is 5.69 Å². The third kappa shape index (κ3) is 3.26. The fourth-order valence-electron chi connectivity index (χ4n) is 1.23. The molecule has 0 bridgehead atoms. The predicted octanol–water partition coefficient (Wildman–Crippen LogP) is 1.48. The zero-order valence-electron chi connectivity index (χ0n) is 8.23. The minimum absolute atomic E-state index is 0.0742. The molecule has 0 aliphatic carbocycles. The average Bonchev–Trinajstić information content (AvgIpc) is 2.15. The van der Waals surface area contributed by atoms with Crippen molar-refractivity contribution in [3.63, 3.8) is 0 Å². The SMILES string of the molecule is CC(OS(=O)(=O)O)c1ccccc1[N+](=O)[O-]. The van der Waals surface area contributed by atoms with Gasteiger partial charge in [-0.2, -0.15) is 8.42 Å². The summed E-state index contributed by atoms with van der Waals surface area (Å²) in [4.78, 5) is 9.98. The Balaban J connectivity index is 3.08. The van der Waals surface area contributed by atoms with Crippen molar-refractivity contribution in [3.8, 4) is 0 Å². The summed E-state index contributed by atoms with van der Waals surface area (Å²) in [6.45, 7) is 1.29. The number of benzene rings is 1. The Morgan fingerprint density at radius 2 is 2.00 bits per heavy atom. The summed E-state index contributed by atoms with van der Waals surface area (Å²) >= 11 is 0. The van der Waals surface area contributed by atoms with Crippen LogP contribution < -0.4 is 0 Å². The van der Waals surface area contributed by atoms with Crippen molar-refractivity contribution in [1.82, 2.24) is 0 Å². The Morgan fingerprint density at radius 3 is 2.50 bits per heavy atom. The van der Waals surface area contributed by atoms with Gasteiger partial charge in [-0.1, -0.05) is 12.1 Å². The van der Waals surface area contributed by atoms with Crippen LogP contribution in [0.25, 0.3) is 0 Å². The number of nitro benzene ring substituents is 1. The molecule has 1 rings (SSSR count). The normalized spacial score (nSPS) is 13.4. The fraction of sp³-hybridized carbons (Fsp3) is 0.250. The molecule has 0 heterocycles. The van der Waals surface area contributed by atoms with Gasteiger partial charge in [0.15, 0.2) is 0 Å². The fourth-order valence-corrected chi connectivity index (χ4v) is 1.70. The second-order valence-electron chi connectivity index (χ2n) is 2.98. The van der Waals surface area contributed by atoms with E-state index in [1.165, 1.54) is 31.2 Å². The topological polar surface area (TPSA) is 107 Å². The van der Waals surface area contributed by atoms with Gasteiger partial charge in [-0.25, -0.2) is 4.18 Å². The molecule has 1 aromatic rings. The Hall–Kier alpha value is -1.51. The van der Waals surface area contributed by atoms with E-state index in [2.05, 4.69) is 4.18 Å². The van der Waals surface area contributed by atoms with E-state index in [-0.39, 0.29) is 11.3 Å². The predicted molar refractivity (Wildman–Crippen MR) is 54.1 cm³/mol. The van der Waals surface area contributed by atoms with Crippen molar-refractivity contribution in [2.45, 2.75) is 13.0 Å². The molecule has 1 aromatic carbocycles. The number of hydrogen-bond acceptors (Lipinski definition) is 5. The first-order valence-corrected chi connectivity index (χ1v) is 5.57. The van der Waals surface area contributed by atoms with E-state index in [1.54, 1.807) is 0 Å². The summed E-state index contributed by atoms with van der Waals surface area (Å²) in [7, 11) is -4.64. The number of para-hydroxylation sites is 1. The Labute approximate surface area is 91.8 Å². The molecule has 0 aliphatic rings. The molecule has 88 valence electrons. The van der Waals surface area contributed by atoms with Gasteiger partial charge in [0.1, 0.15) is 6.10 Å². The van der Waals surface area contributed by atoms with E-state index < -0.39 is 21.4 Å². The van der Waals surface area contributed by atoms with Crippen LogP contribution in [0.3, 0.4) is 0 Å². The lowest BCUT2D eigenvalue weighted by Crippen LogP contribution is -2.09. The standard InChI is InChI=1S/C8H9NO6S/c1-6(15-16(12,13)14)7-4-2-3-5-8(7)9(10)11/h2-6H,1H3,(H,12,13,14). The van der Waals surface area contributed by atoms with Gasteiger partial charge < -0.3 is 0 Å². The summed E-state index contributed by atoms with van der Waals surface area (Å²) in [6, 6.07) is 5.53. The molecular weight excluding hydrogens is 238 g/mol. The van der Waals surface area contributed by atoms with Gasteiger partial charge in [0.2, 0.25) is 0 Å². The van der Waals surface area contributed by atoms with Gasteiger partial charge in [-0.15, -0.1) is 0 Å². The monoisotopic (exact) mass is 247 g/mol. The highest BCUT2D eigenvalue weighted by Crippen LogP contribution is 2.27. The Bertz CT molecular complexity index is 497. The zero-order valence-corrected chi connectivity index (χ0v) is 9.05. The first kappa shape index (κ1) is 12.6. The van der Waals surface area contributed by atoms with Crippen LogP contribution in [0.1, 0.15) is 18.6 Å². The van der Waals surface area contributed by atoms with Crippen molar-refractivity contribution in [2.75, 3.05) is 0 Å². The lowest BCUT2D eigenvalue weighted by Gasteiger charge is -2.10. The van der Waals surface area contributed by atoms with Crippen molar-refractivity contribution < 1.29 is 22.1 Å². The van der Waals surface area contributed by atoms with Crippen LogP contribution in [-0.2, 0) is 14.6 Å². The molecule has 7 nitrogen and oxygen atoms in total. The van der Waals surface area contributed by atoms with Crippen LogP contribution in [0.15, 0.2) is 24.3 Å². The first-order valence-electron chi connectivity index (χ1n) is 4.20. The summed E-state index contributed by atoms with van der Waals surface area (Å²) in [5.74, 6) is 0. The molecule has 0 aliphatic heterocycles. The number of nitro groups is 1. The molecule has 1 atom stereocenters. The second-order valence-corrected chi connectivity index (χ2v) is 4.03. The minimum Gasteiger partial charge on any atom is -0.264 e. The van der Waals surface area contributed by atoms with Gasteiger partial charge in [-0.3, -0.25) is 14.7 Å². The summed E-state index contributed by atoms with van der Waals surface area (Å²) in [6.07, 6.45) is -1.13. The van der Waals surface area contributed by atoms with E-state index in [9.17, 15) is 18.5 Å². The minimum atomic E-state index is -4.64. The molecule has 16 heavy (non-hydrogen) atoms. The zero-order chi connectivity index (χ0) is 12.3. The summed E-state index contributed by atoms with van der Waals surface area (Å²) in [5, 5.41) is 10.6. The first-order chi connectivity index (χ1) is 7.31. The van der Waals surface area contributed by atoms with Gasteiger partial charge in [-0.05, 0) is 13.0 Å². The third-order valence-electron chi connectivity index (χ3n) is 1.84. The quantitative estimate of drug-likeness (QED) is 0.490. The molecule has 0 saturated heterocycles. The van der Waals surface area contributed by atoms with Gasteiger partial charge >= 0.3 is 10.4 Å². The molecule has 0 fully saturated rings. The Kier molecular flexibility index (Phi) is 3.58. The van der Waals surface area contributed by atoms with E-state index >= 15 is 0 Å². The molecule has 8 heteroatoms. The molecule has 0 aromatic heterocycles. The lowest BCUT2D eigenvalue weighted by atomic mass is 10.1. The highest BCUT2D eigenvalue weighted by Gasteiger charge is 2.22. The van der Waals surface area contributed by atoms with E-state index in [1.807, 2.05) is 0 Å². The van der Waals surface area contributed by atoms with Gasteiger partial charge in [0, 0.05) is 6.07 Å². The highest BCUT2D eigenvalue weighted by atomic mass is 32.3. The third-order valence-corrected chi connectivity index (χ3v) is 2.37. The maximum atomic E-state index is 10.6. The molecule has 0 spiro atoms. The van der Waals surface area contributed by atoms with Crippen LogP contribution in [0.5, 0.6) is 0 Å². The molecule has 0 saturated carbocycles. The molecule has 0 amide bonds. The molecule has 1 N–H and O–H groups in total. The lowest BCUT2D eigenvalue weighted by molar-refractivity contribution is -0.386. The Morgan fingerprint density at radius 1 is 1.44 bits per heavy atom. The maximum absolute atomic E-state index is 10.6. The van der Waals surface area contributed by atoms with E-state index in [0.29, 0.717) is 0 Å². The van der Waals surface area contributed by atoms with Gasteiger partial charge in [0.05, 0.1) is 10.5 Å². The highest BCUT2D eigenvalue weighted by molar-refractivity contribution is 7.80. The van der Waals surface area contributed by atoms with Crippen LogP contribution in [0.2, 0.25) is 0 Å². The van der Waals surface area contributed by atoms with Crippen LogP contribution >= 0.6 is 0 Å². The smallest absolute Gasteiger partial charge is 0.264 e. The average molecular weight is 247 g/mol. The maximum Gasteiger partial charge on any atom is 0.397 e. The molecular formula is C8H9NO6S. The summed E-state index contributed by atoms with van der Waals surface area (Å²) < 4.78 is 33.6. The largest absolute Gasteiger partial charge is 0.397 e. The van der Waals surface area contributed by atoms with E-state index in [0.717, 1.165) is 0 Å².